The van der Waals surface area contributed by atoms with Crippen LogP contribution in [-0.4, -0.2) is 23.9 Å². The number of hydrogen-bond donors (Lipinski definition) is 0. The van der Waals surface area contributed by atoms with Gasteiger partial charge in [-0.15, -0.1) is 0 Å². The third-order valence-corrected chi connectivity index (χ3v) is 2.27. The fourth-order valence-corrected chi connectivity index (χ4v) is 1.20. The highest BCUT2D eigenvalue weighted by Gasteiger charge is 2.13. The fraction of sp³-hybridized carbons (Fsp3) is 0.455. The second-order valence-electron chi connectivity index (χ2n) is 3.64. The van der Waals surface area contributed by atoms with Crippen molar-refractivity contribution in [2.45, 2.75) is 26.8 Å². The van der Waals surface area contributed by atoms with Crippen LogP contribution in [0, 0.1) is 0 Å². The first-order valence-corrected chi connectivity index (χ1v) is 4.72. The lowest BCUT2D eigenvalue weighted by Gasteiger charge is -2.24. The van der Waals surface area contributed by atoms with E-state index in [1.165, 1.54) is 0 Å². The van der Waals surface area contributed by atoms with E-state index in [0.29, 0.717) is 11.6 Å². The maximum absolute atomic E-state index is 11.3. The van der Waals surface area contributed by atoms with E-state index in [9.17, 15) is 4.79 Å². The molecule has 1 heterocycles. The van der Waals surface area contributed by atoms with Gasteiger partial charge in [0.25, 0.3) is 0 Å². The number of carbonyl (C=O) groups is 1. The van der Waals surface area contributed by atoms with Crippen molar-refractivity contribution in [3.63, 3.8) is 0 Å². The molecule has 0 aliphatic carbocycles. The molecule has 1 aromatic rings. The van der Waals surface area contributed by atoms with E-state index in [1.807, 2.05) is 18.0 Å². The van der Waals surface area contributed by atoms with E-state index < -0.39 is 0 Å². The molecule has 0 unspecified atom stereocenters. The van der Waals surface area contributed by atoms with Gasteiger partial charge in [-0.1, -0.05) is 0 Å². The van der Waals surface area contributed by atoms with E-state index >= 15 is 0 Å². The van der Waals surface area contributed by atoms with Crippen molar-refractivity contribution in [1.82, 2.24) is 4.98 Å². The molecular formula is C11H16N2O. The number of carbonyl (C=O) groups excluding carboxylic acids is 1. The van der Waals surface area contributed by atoms with Crippen molar-refractivity contribution in [2.24, 2.45) is 0 Å². The van der Waals surface area contributed by atoms with Crippen LogP contribution in [0.4, 0.5) is 5.82 Å². The van der Waals surface area contributed by atoms with Crippen LogP contribution < -0.4 is 4.90 Å². The SMILES string of the molecule is CC(=O)c1cccnc1N(C)C(C)C. The molecule has 0 spiro atoms. The smallest absolute Gasteiger partial charge is 0.163 e. The van der Waals surface area contributed by atoms with E-state index in [0.717, 1.165) is 5.82 Å². The molecule has 0 bridgehead atoms. The summed E-state index contributed by atoms with van der Waals surface area (Å²) in [6.45, 7) is 5.70. The molecule has 3 heteroatoms. The lowest BCUT2D eigenvalue weighted by molar-refractivity contribution is 0.101. The Labute approximate surface area is 84.8 Å². The highest BCUT2D eigenvalue weighted by atomic mass is 16.1. The normalized spacial score (nSPS) is 10.4. The van der Waals surface area contributed by atoms with Crippen LogP contribution in [0.25, 0.3) is 0 Å². The number of aromatic nitrogens is 1. The molecule has 0 fully saturated rings. The lowest BCUT2D eigenvalue weighted by Crippen LogP contribution is -2.28. The minimum atomic E-state index is 0.0561. The molecule has 0 aliphatic rings. The van der Waals surface area contributed by atoms with Crippen molar-refractivity contribution in [3.05, 3.63) is 23.9 Å². The number of nitrogens with zero attached hydrogens (tertiary/aromatic N) is 2. The second kappa shape index (κ2) is 4.22. The fourth-order valence-electron chi connectivity index (χ4n) is 1.20. The Balaban J connectivity index is 3.13. The zero-order valence-electron chi connectivity index (χ0n) is 9.11. The molecule has 1 aromatic heterocycles. The Morgan fingerprint density at radius 3 is 2.64 bits per heavy atom. The molecule has 3 nitrogen and oxygen atoms in total. The summed E-state index contributed by atoms with van der Waals surface area (Å²) in [7, 11) is 1.94. The molecule has 1 rings (SSSR count). The largest absolute Gasteiger partial charge is 0.357 e. The summed E-state index contributed by atoms with van der Waals surface area (Å²) in [5.41, 5.74) is 0.684. The maximum atomic E-state index is 11.3. The van der Waals surface area contributed by atoms with Gasteiger partial charge in [-0.25, -0.2) is 4.98 Å². The Kier molecular flexibility index (Phi) is 3.23. The van der Waals surface area contributed by atoms with Crippen LogP contribution in [0.1, 0.15) is 31.1 Å². The van der Waals surface area contributed by atoms with Crippen molar-refractivity contribution in [3.8, 4) is 0 Å². The highest BCUT2D eigenvalue weighted by molar-refractivity contribution is 5.98. The number of anilines is 1. The van der Waals surface area contributed by atoms with Crippen LogP contribution in [-0.2, 0) is 0 Å². The third kappa shape index (κ3) is 2.10. The number of ketones is 1. The molecular weight excluding hydrogens is 176 g/mol. The Bertz CT molecular complexity index is 334. The summed E-state index contributed by atoms with van der Waals surface area (Å²) in [6.07, 6.45) is 1.71. The summed E-state index contributed by atoms with van der Waals surface area (Å²) in [5, 5.41) is 0. The van der Waals surface area contributed by atoms with Crippen LogP contribution >= 0.6 is 0 Å². The molecule has 0 saturated heterocycles. The van der Waals surface area contributed by atoms with Crippen molar-refractivity contribution in [1.29, 1.82) is 0 Å². The standard InChI is InChI=1S/C11H16N2O/c1-8(2)13(4)11-10(9(3)14)6-5-7-12-11/h5-8H,1-4H3. The number of pyridine rings is 1. The average Bonchev–Trinajstić information content (AvgIpc) is 2.16. The van der Waals surface area contributed by atoms with Crippen molar-refractivity contribution >= 4 is 11.6 Å². The first-order valence-electron chi connectivity index (χ1n) is 4.72. The summed E-state index contributed by atoms with van der Waals surface area (Å²) >= 11 is 0. The first-order chi connectivity index (χ1) is 6.54. The van der Waals surface area contributed by atoms with Gasteiger partial charge in [0.2, 0.25) is 0 Å². The minimum absolute atomic E-state index is 0.0561. The molecule has 76 valence electrons. The number of rotatable bonds is 3. The third-order valence-electron chi connectivity index (χ3n) is 2.27. The predicted octanol–water partition coefficient (Wildman–Crippen LogP) is 2.13. The average molecular weight is 192 g/mol. The van der Waals surface area contributed by atoms with Crippen molar-refractivity contribution < 1.29 is 4.79 Å². The summed E-state index contributed by atoms with van der Waals surface area (Å²) < 4.78 is 0. The topological polar surface area (TPSA) is 33.2 Å². The minimum Gasteiger partial charge on any atom is -0.357 e. The van der Waals surface area contributed by atoms with Gasteiger partial charge < -0.3 is 4.90 Å². The lowest BCUT2D eigenvalue weighted by atomic mass is 10.1. The van der Waals surface area contributed by atoms with Gasteiger partial charge in [-0.05, 0) is 32.9 Å². The van der Waals surface area contributed by atoms with Gasteiger partial charge in [-0.3, -0.25) is 4.79 Å². The summed E-state index contributed by atoms with van der Waals surface area (Å²) in [4.78, 5) is 17.5. The Hall–Kier alpha value is -1.38. The maximum Gasteiger partial charge on any atom is 0.163 e. The zero-order chi connectivity index (χ0) is 10.7. The molecule has 0 radical (unpaired) electrons. The Morgan fingerprint density at radius 1 is 1.50 bits per heavy atom. The molecule has 14 heavy (non-hydrogen) atoms. The van der Waals surface area contributed by atoms with Gasteiger partial charge in [0.05, 0.1) is 5.56 Å². The monoisotopic (exact) mass is 192 g/mol. The Morgan fingerprint density at radius 2 is 2.14 bits per heavy atom. The molecule has 0 N–H and O–H groups in total. The summed E-state index contributed by atoms with van der Waals surface area (Å²) in [6, 6.07) is 3.93. The second-order valence-corrected chi connectivity index (χ2v) is 3.64. The summed E-state index contributed by atoms with van der Waals surface area (Å²) in [5.74, 6) is 0.815. The van der Waals surface area contributed by atoms with Gasteiger partial charge in [0.1, 0.15) is 5.82 Å². The van der Waals surface area contributed by atoms with Gasteiger partial charge in [-0.2, -0.15) is 0 Å². The van der Waals surface area contributed by atoms with Crippen LogP contribution in [0.3, 0.4) is 0 Å². The zero-order valence-corrected chi connectivity index (χ0v) is 9.11. The molecule has 0 atom stereocenters. The van der Waals surface area contributed by atoms with Crippen molar-refractivity contribution in [2.75, 3.05) is 11.9 Å². The van der Waals surface area contributed by atoms with Gasteiger partial charge in [0, 0.05) is 19.3 Å². The van der Waals surface area contributed by atoms with E-state index in [1.54, 1.807) is 19.2 Å². The van der Waals surface area contributed by atoms with E-state index in [-0.39, 0.29) is 5.78 Å². The molecule has 0 saturated carbocycles. The predicted molar refractivity (Wildman–Crippen MR) is 57.8 cm³/mol. The van der Waals surface area contributed by atoms with Gasteiger partial charge >= 0.3 is 0 Å². The number of Topliss-reactive ketones (excluding diaryl/α,β-unsaturated/α-hetero) is 1. The van der Waals surface area contributed by atoms with Crippen LogP contribution in [0.15, 0.2) is 18.3 Å². The number of hydrogen-bond acceptors (Lipinski definition) is 3. The quantitative estimate of drug-likeness (QED) is 0.688. The molecule has 0 amide bonds. The first kappa shape index (κ1) is 10.7. The molecule has 0 aliphatic heterocycles. The van der Waals surface area contributed by atoms with Gasteiger partial charge in [0.15, 0.2) is 5.78 Å². The molecule has 0 aromatic carbocycles. The van der Waals surface area contributed by atoms with E-state index in [4.69, 9.17) is 0 Å². The van der Waals surface area contributed by atoms with E-state index in [2.05, 4.69) is 18.8 Å². The highest BCUT2D eigenvalue weighted by Crippen LogP contribution is 2.17. The van der Waals surface area contributed by atoms with Crippen LogP contribution in [0.5, 0.6) is 0 Å². The van der Waals surface area contributed by atoms with Crippen LogP contribution in [0.2, 0.25) is 0 Å².